The number of nitrogens with two attached hydrogens (primary N) is 1. The van der Waals surface area contributed by atoms with E-state index in [1.165, 1.54) is 21.7 Å². The molecule has 4 atom stereocenters. The number of imide groups is 1. The molecule has 1 fully saturated rings. The van der Waals surface area contributed by atoms with Crippen molar-refractivity contribution in [3.63, 3.8) is 0 Å². The van der Waals surface area contributed by atoms with Crippen molar-refractivity contribution in [2.24, 2.45) is 23.0 Å². The van der Waals surface area contributed by atoms with E-state index in [0.717, 1.165) is 28.7 Å². The Kier molecular flexibility index (Phi) is 13.1. The normalized spacial score (nSPS) is 18.3. The van der Waals surface area contributed by atoms with Gasteiger partial charge in [0, 0.05) is 68.2 Å². The summed E-state index contributed by atoms with van der Waals surface area (Å²) in [5, 5.41) is 14.9. The van der Waals surface area contributed by atoms with Gasteiger partial charge in [0.2, 0.25) is 5.91 Å². The number of ketones is 2. The lowest BCUT2D eigenvalue weighted by Crippen LogP contribution is -2.46. The minimum absolute atomic E-state index is 0.0174. The summed E-state index contributed by atoms with van der Waals surface area (Å²) in [6, 6.07) is 10.9. The number of aliphatic hydroxyl groups is 1. The first-order valence-electron chi connectivity index (χ1n) is 18.5. The third-order valence-electron chi connectivity index (χ3n) is 10.3. The maximum absolute atomic E-state index is 15.0. The van der Waals surface area contributed by atoms with Gasteiger partial charge in [-0.25, -0.2) is 13.5 Å². The molecule has 2 aromatic carbocycles. The van der Waals surface area contributed by atoms with Gasteiger partial charge in [-0.2, -0.15) is 5.10 Å². The molecule has 2 aliphatic rings. The molecule has 0 saturated heterocycles. The quantitative estimate of drug-likeness (QED) is 0.183. The highest BCUT2D eigenvalue weighted by Gasteiger charge is 2.39. The van der Waals surface area contributed by atoms with Gasteiger partial charge in [0.05, 0.1) is 17.8 Å². The summed E-state index contributed by atoms with van der Waals surface area (Å²) in [5.74, 6) is -3.01. The van der Waals surface area contributed by atoms with Crippen molar-refractivity contribution in [2.75, 3.05) is 19.7 Å². The first kappa shape index (κ1) is 40.3. The lowest BCUT2D eigenvalue weighted by Gasteiger charge is -2.40. The highest BCUT2D eigenvalue weighted by atomic mass is 19.1. The number of carbonyl (C=O) groups excluding carboxylic acids is 5. The topological polar surface area (TPSA) is 156 Å². The van der Waals surface area contributed by atoms with Gasteiger partial charge in [0.1, 0.15) is 35.5 Å². The van der Waals surface area contributed by atoms with Crippen LogP contribution < -0.4 is 5.73 Å². The number of nitrogens with zero attached hydrogens (tertiary/aromatic N) is 4. The van der Waals surface area contributed by atoms with Crippen LogP contribution in [0.3, 0.4) is 0 Å². The van der Waals surface area contributed by atoms with Crippen LogP contribution in [0.1, 0.15) is 88.6 Å². The maximum atomic E-state index is 15.0. The summed E-state index contributed by atoms with van der Waals surface area (Å²) in [5.41, 5.74) is 7.71. The summed E-state index contributed by atoms with van der Waals surface area (Å²) >= 11 is 0. The van der Waals surface area contributed by atoms with Crippen LogP contribution in [-0.4, -0.2) is 79.7 Å². The second-order valence-corrected chi connectivity index (χ2v) is 15.4. The molecule has 0 bridgehead atoms. The molecule has 288 valence electrons. The standard InChI is InChI=1S/C41H49F2N5O6/c1-41(2,3)40(39-29(20-26-8-5-4-6-9-26)24-48(45-39)33-23-30(42)13-14-31(33)43)47(38(54)25-49)19-17-32(44)35(51)22-27-11-12-28(21-27)34(50)10-7-18-46-36(52)15-16-37(46)53/h4-6,8-9,13-16,23-24,27-28,32,40,49H,7,10-12,17-22,25,44H2,1-3H3/t27-,28-,32-,40-/m0/s1. The lowest BCUT2D eigenvalue weighted by atomic mass is 9.81. The molecule has 11 nitrogen and oxygen atoms in total. The molecule has 54 heavy (non-hydrogen) atoms. The SMILES string of the molecule is CC(C)(C)[C@H](c1nn(-c2cc(F)ccc2F)cc1Cc1ccccc1)N(CC[C@H](N)C(=O)C[C@H]1CC[C@H](C(=O)CCCN2C(=O)C=CC2=O)C1)C(=O)CO. The van der Waals surface area contributed by atoms with Crippen LogP contribution in [0.2, 0.25) is 0 Å². The molecule has 2 heterocycles. The van der Waals surface area contributed by atoms with Gasteiger partial charge in [-0.15, -0.1) is 0 Å². The molecular formula is C41H49F2N5O6. The average molecular weight is 746 g/mol. The number of rotatable bonds is 17. The van der Waals surface area contributed by atoms with Crippen molar-refractivity contribution < 1.29 is 37.9 Å². The number of aliphatic hydroxyl groups excluding tert-OH is 1. The fourth-order valence-corrected chi connectivity index (χ4v) is 7.60. The van der Waals surface area contributed by atoms with E-state index in [1.54, 1.807) is 6.20 Å². The predicted molar refractivity (Wildman–Crippen MR) is 197 cm³/mol. The molecule has 0 radical (unpaired) electrons. The van der Waals surface area contributed by atoms with E-state index in [2.05, 4.69) is 0 Å². The first-order valence-corrected chi connectivity index (χ1v) is 18.5. The van der Waals surface area contributed by atoms with Crippen LogP contribution in [-0.2, 0) is 30.4 Å². The smallest absolute Gasteiger partial charge is 0.253 e. The monoisotopic (exact) mass is 745 g/mol. The Morgan fingerprint density at radius 2 is 1.74 bits per heavy atom. The van der Waals surface area contributed by atoms with E-state index in [-0.39, 0.29) is 73.3 Å². The Hall–Kier alpha value is -4.88. The van der Waals surface area contributed by atoms with E-state index < -0.39 is 41.6 Å². The zero-order valence-corrected chi connectivity index (χ0v) is 31.0. The second kappa shape index (κ2) is 17.5. The molecule has 1 aliphatic heterocycles. The number of aromatic nitrogens is 2. The van der Waals surface area contributed by atoms with Crippen molar-refractivity contribution in [1.29, 1.82) is 0 Å². The molecule has 0 unspecified atom stereocenters. The number of amides is 3. The Morgan fingerprint density at radius 1 is 1.04 bits per heavy atom. The summed E-state index contributed by atoms with van der Waals surface area (Å²) < 4.78 is 30.6. The molecule has 5 rings (SSSR count). The Bertz CT molecular complexity index is 1870. The van der Waals surface area contributed by atoms with Gasteiger partial charge in [-0.05, 0) is 61.1 Å². The molecule has 3 aromatic rings. The molecule has 3 amide bonds. The number of carbonyl (C=O) groups is 5. The lowest BCUT2D eigenvalue weighted by molar-refractivity contribution is -0.140. The predicted octanol–water partition coefficient (Wildman–Crippen LogP) is 5.02. The van der Waals surface area contributed by atoms with Crippen molar-refractivity contribution in [2.45, 2.75) is 84.2 Å². The summed E-state index contributed by atoms with van der Waals surface area (Å²) in [6.07, 6.45) is 7.26. The molecule has 3 N–H and O–H groups in total. The van der Waals surface area contributed by atoms with Gasteiger partial charge in [0.25, 0.3) is 11.8 Å². The van der Waals surface area contributed by atoms with Crippen molar-refractivity contribution in [3.8, 4) is 5.69 Å². The third kappa shape index (κ3) is 9.80. The molecule has 1 aliphatic carbocycles. The third-order valence-corrected chi connectivity index (χ3v) is 10.3. The van der Waals surface area contributed by atoms with Crippen LogP contribution in [0, 0.1) is 28.9 Å². The second-order valence-electron chi connectivity index (χ2n) is 15.4. The fourth-order valence-electron chi connectivity index (χ4n) is 7.60. The number of hydrogen-bond acceptors (Lipinski definition) is 8. The highest BCUT2D eigenvalue weighted by molar-refractivity contribution is 6.12. The molecule has 13 heteroatoms. The first-order chi connectivity index (χ1) is 25.7. The van der Waals surface area contributed by atoms with Gasteiger partial charge >= 0.3 is 0 Å². The van der Waals surface area contributed by atoms with Crippen molar-refractivity contribution in [1.82, 2.24) is 19.6 Å². The van der Waals surface area contributed by atoms with Crippen LogP contribution in [0.4, 0.5) is 8.78 Å². The Labute approximate surface area is 314 Å². The minimum Gasteiger partial charge on any atom is -0.387 e. The van der Waals surface area contributed by atoms with Gasteiger partial charge < -0.3 is 15.7 Å². The number of halogens is 2. The number of benzene rings is 2. The van der Waals surface area contributed by atoms with Crippen molar-refractivity contribution >= 4 is 29.3 Å². The van der Waals surface area contributed by atoms with Crippen LogP contribution in [0.5, 0.6) is 0 Å². The van der Waals surface area contributed by atoms with Gasteiger partial charge in [0.15, 0.2) is 0 Å². The average Bonchev–Trinajstić information content (AvgIpc) is 3.86. The van der Waals surface area contributed by atoms with Crippen molar-refractivity contribution in [3.05, 3.63) is 95.3 Å². The number of hydrogen-bond donors (Lipinski definition) is 2. The van der Waals surface area contributed by atoms with Gasteiger partial charge in [-0.1, -0.05) is 51.1 Å². The summed E-state index contributed by atoms with van der Waals surface area (Å²) in [6.45, 7) is 5.14. The van der Waals surface area contributed by atoms with Crippen LogP contribution in [0.15, 0.2) is 66.9 Å². The zero-order valence-electron chi connectivity index (χ0n) is 31.0. The zero-order chi connectivity index (χ0) is 39.2. The molecule has 1 aromatic heterocycles. The van der Waals surface area contributed by atoms with E-state index in [1.807, 2.05) is 51.1 Å². The largest absolute Gasteiger partial charge is 0.387 e. The maximum Gasteiger partial charge on any atom is 0.253 e. The van der Waals surface area contributed by atoms with Gasteiger partial charge in [-0.3, -0.25) is 28.9 Å². The number of Topliss-reactive ketones (excluding diaryl/α,β-unsaturated/α-hetero) is 2. The van der Waals surface area contributed by atoms with Crippen LogP contribution >= 0.6 is 0 Å². The minimum atomic E-state index is -0.916. The van der Waals surface area contributed by atoms with Crippen LogP contribution in [0.25, 0.3) is 5.69 Å². The molecule has 1 saturated carbocycles. The Balaban J connectivity index is 1.28. The molecular weight excluding hydrogens is 696 g/mol. The van der Waals surface area contributed by atoms with E-state index in [0.29, 0.717) is 43.4 Å². The Morgan fingerprint density at radius 3 is 2.41 bits per heavy atom. The van der Waals surface area contributed by atoms with E-state index in [4.69, 9.17) is 10.8 Å². The van der Waals surface area contributed by atoms with E-state index >= 15 is 4.39 Å². The van der Waals surface area contributed by atoms with E-state index in [9.17, 15) is 33.5 Å². The summed E-state index contributed by atoms with van der Waals surface area (Å²) in [4.78, 5) is 65.9. The molecule has 0 spiro atoms. The highest BCUT2D eigenvalue weighted by Crippen LogP contribution is 2.40. The summed E-state index contributed by atoms with van der Waals surface area (Å²) in [7, 11) is 0. The fraction of sp³-hybridized carbons (Fsp3) is 0.463.